The molecular formula is C13H16F2N2O2. The third-order valence-corrected chi connectivity index (χ3v) is 3.74. The number of carbonyl (C=O) groups excluding carboxylic acids is 1. The van der Waals surface area contributed by atoms with E-state index in [0.29, 0.717) is 25.6 Å². The molecule has 0 saturated carbocycles. The summed E-state index contributed by atoms with van der Waals surface area (Å²) in [7, 11) is 0. The highest BCUT2D eigenvalue weighted by atomic mass is 19.1. The number of piperidine rings is 1. The Morgan fingerprint density at radius 1 is 1.58 bits per heavy atom. The fourth-order valence-corrected chi connectivity index (χ4v) is 2.13. The molecule has 0 aromatic carbocycles. The number of amides is 1. The van der Waals surface area contributed by atoms with Crippen LogP contribution in [0.15, 0.2) is 12.3 Å². The van der Waals surface area contributed by atoms with Crippen molar-refractivity contribution in [2.45, 2.75) is 25.9 Å². The predicted molar refractivity (Wildman–Crippen MR) is 64.5 cm³/mol. The second-order valence-corrected chi connectivity index (χ2v) is 5.24. The Balaban J connectivity index is 2.17. The highest BCUT2D eigenvalue weighted by molar-refractivity contribution is 5.92. The summed E-state index contributed by atoms with van der Waals surface area (Å²) >= 11 is 0. The summed E-state index contributed by atoms with van der Waals surface area (Å²) in [5.41, 5.74) is -1.21. The van der Waals surface area contributed by atoms with Crippen molar-refractivity contribution in [1.82, 2.24) is 9.88 Å². The molecule has 19 heavy (non-hydrogen) atoms. The van der Waals surface area contributed by atoms with Gasteiger partial charge in [0.05, 0.1) is 11.8 Å². The van der Waals surface area contributed by atoms with Crippen LogP contribution in [0, 0.1) is 17.6 Å². The number of hydrogen-bond donors (Lipinski definition) is 1. The fourth-order valence-electron chi connectivity index (χ4n) is 2.13. The molecule has 0 radical (unpaired) electrons. The molecule has 1 aliphatic heterocycles. The molecule has 0 aliphatic carbocycles. The van der Waals surface area contributed by atoms with Crippen LogP contribution in [-0.2, 0) is 0 Å². The Kier molecular flexibility index (Phi) is 3.54. The molecule has 104 valence electrons. The van der Waals surface area contributed by atoms with Gasteiger partial charge in [0.1, 0.15) is 5.82 Å². The van der Waals surface area contributed by atoms with Crippen LogP contribution in [0.3, 0.4) is 0 Å². The SMILES string of the molecule is CC1CN(C(=O)c2ncc(F)cc2F)CCC1(C)O. The van der Waals surface area contributed by atoms with Crippen LogP contribution in [0.5, 0.6) is 0 Å². The average molecular weight is 270 g/mol. The summed E-state index contributed by atoms with van der Waals surface area (Å²) in [5, 5.41) is 10.0. The van der Waals surface area contributed by atoms with Gasteiger partial charge in [0.15, 0.2) is 11.5 Å². The Morgan fingerprint density at radius 3 is 2.84 bits per heavy atom. The fraction of sp³-hybridized carbons (Fsp3) is 0.538. The summed E-state index contributed by atoms with van der Waals surface area (Å²) in [6.07, 6.45) is 1.24. The lowest BCUT2D eigenvalue weighted by molar-refractivity contribution is -0.0441. The number of nitrogens with zero attached hydrogens (tertiary/aromatic N) is 2. The molecule has 1 fully saturated rings. The second kappa shape index (κ2) is 4.85. The maximum atomic E-state index is 13.5. The van der Waals surface area contributed by atoms with Crippen LogP contribution in [0.25, 0.3) is 0 Å². The van der Waals surface area contributed by atoms with E-state index in [0.717, 1.165) is 6.20 Å². The molecule has 1 aromatic rings. The van der Waals surface area contributed by atoms with Gasteiger partial charge in [-0.15, -0.1) is 0 Å². The normalized spacial score (nSPS) is 27.4. The predicted octanol–water partition coefficient (Wildman–Crippen LogP) is 1.59. The molecule has 4 nitrogen and oxygen atoms in total. The number of aliphatic hydroxyl groups is 1. The largest absolute Gasteiger partial charge is 0.390 e. The summed E-state index contributed by atoms with van der Waals surface area (Å²) in [5.74, 6) is -2.47. The smallest absolute Gasteiger partial charge is 0.275 e. The minimum absolute atomic E-state index is 0.117. The first-order chi connectivity index (χ1) is 8.81. The van der Waals surface area contributed by atoms with Crippen LogP contribution in [0.4, 0.5) is 8.78 Å². The zero-order valence-electron chi connectivity index (χ0n) is 10.9. The first-order valence-electron chi connectivity index (χ1n) is 6.14. The number of hydrogen-bond acceptors (Lipinski definition) is 3. The van der Waals surface area contributed by atoms with Crippen molar-refractivity contribution < 1.29 is 18.7 Å². The minimum Gasteiger partial charge on any atom is -0.390 e. The number of pyridine rings is 1. The summed E-state index contributed by atoms with van der Waals surface area (Å²) < 4.78 is 26.3. The van der Waals surface area contributed by atoms with E-state index in [1.54, 1.807) is 6.92 Å². The van der Waals surface area contributed by atoms with Crippen molar-refractivity contribution in [3.8, 4) is 0 Å². The Hall–Kier alpha value is -1.56. The molecule has 2 heterocycles. The molecule has 1 aromatic heterocycles. The molecule has 1 amide bonds. The molecule has 6 heteroatoms. The van der Waals surface area contributed by atoms with Gasteiger partial charge in [-0.25, -0.2) is 13.8 Å². The maximum Gasteiger partial charge on any atom is 0.275 e. The quantitative estimate of drug-likeness (QED) is 0.843. The van der Waals surface area contributed by atoms with Crippen LogP contribution < -0.4 is 0 Å². The zero-order chi connectivity index (χ0) is 14.2. The lowest BCUT2D eigenvalue weighted by Crippen LogP contribution is -2.51. The minimum atomic E-state index is -0.963. The number of rotatable bonds is 1. The molecule has 2 rings (SSSR count). The Morgan fingerprint density at radius 2 is 2.26 bits per heavy atom. The number of carbonyl (C=O) groups is 1. The van der Waals surface area contributed by atoms with Gasteiger partial charge in [0.25, 0.3) is 5.91 Å². The monoisotopic (exact) mass is 270 g/mol. The summed E-state index contributed by atoms with van der Waals surface area (Å²) in [6.45, 7) is 4.20. The van der Waals surface area contributed by atoms with E-state index >= 15 is 0 Å². The molecule has 1 saturated heterocycles. The highest BCUT2D eigenvalue weighted by Gasteiger charge is 2.37. The van der Waals surface area contributed by atoms with Crippen molar-refractivity contribution >= 4 is 5.91 Å². The van der Waals surface area contributed by atoms with Crippen molar-refractivity contribution in [1.29, 1.82) is 0 Å². The van der Waals surface area contributed by atoms with Crippen molar-refractivity contribution in [2.75, 3.05) is 13.1 Å². The third-order valence-electron chi connectivity index (χ3n) is 3.74. The van der Waals surface area contributed by atoms with Crippen molar-refractivity contribution in [3.63, 3.8) is 0 Å². The molecule has 2 atom stereocenters. The van der Waals surface area contributed by atoms with Crippen molar-refractivity contribution in [3.05, 3.63) is 29.6 Å². The van der Waals surface area contributed by atoms with E-state index in [1.165, 1.54) is 4.90 Å². The van der Waals surface area contributed by atoms with Gasteiger partial charge >= 0.3 is 0 Å². The van der Waals surface area contributed by atoms with Gasteiger partial charge in [0, 0.05) is 25.1 Å². The van der Waals surface area contributed by atoms with Crippen LogP contribution >= 0.6 is 0 Å². The van der Waals surface area contributed by atoms with E-state index in [9.17, 15) is 18.7 Å². The van der Waals surface area contributed by atoms with Crippen molar-refractivity contribution in [2.24, 2.45) is 5.92 Å². The molecule has 0 spiro atoms. The topological polar surface area (TPSA) is 53.4 Å². The number of halogens is 2. The first-order valence-corrected chi connectivity index (χ1v) is 6.14. The second-order valence-electron chi connectivity index (χ2n) is 5.24. The van der Waals surface area contributed by atoms with Gasteiger partial charge in [-0.3, -0.25) is 4.79 Å². The van der Waals surface area contributed by atoms with E-state index in [1.807, 2.05) is 6.92 Å². The molecule has 1 aliphatic rings. The highest BCUT2D eigenvalue weighted by Crippen LogP contribution is 2.28. The van der Waals surface area contributed by atoms with E-state index in [4.69, 9.17) is 0 Å². The molecule has 2 unspecified atom stereocenters. The first kappa shape index (κ1) is 13.9. The van der Waals surface area contributed by atoms with E-state index in [2.05, 4.69) is 4.98 Å². The van der Waals surface area contributed by atoms with E-state index in [-0.39, 0.29) is 11.6 Å². The summed E-state index contributed by atoms with van der Waals surface area (Å²) in [4.78, 5) is 17.1. The van der Waals surface area contributed by atoms with Crippen LogP contribution in [-0.4, -0.2) is 39.6 Å². The third kappa shape index (κ3) is 2.73. The van der Waals surface area contributed by atoms with Gasteiger partial charge in [-0.05, 0) is 13.3 Å². The number of aromatic nitrogens is 1. The summed E-state index contributed by atoms with van der Waals surface area (Å²) in [6, 6.07) is 0.643. The molecular weight excluding hydrogens is 254 g/mol. The standard InChI is InChI=1S/C13H16F2N2O2/c1-8-7-17(4-3-13(8,2)19)12(18)11-10(15)5-9(14)6-16-11/h5-6,8,19H,3-4,7H2,1-2H3. The van der Waals surface area contributed by atoms with Crippen LogP contribution in [0.2, 0.25) is 0 Å². The van der Waals surface area contributed by atoms with Crippen LogP contribution in [0.1, 0.15) is 30.8 Å². The van der Waals surface area contributed by atoms with Gasteiger partial charge in [-0.1, -0.05) is 6.92 Å². The van der Waals surface area contributed by atoms with Gasteiger partial charge in [-0.2, -0.15) is 0 Å². The Bertz CT molecular complexity index is 505. The van der Waals surface area contributed by atoms with Gasteiger partial charge in [0.2, 0.25) is 0 Å². The Labute approximate surface area is 110 Å². The average Bonchev–Trinajstić information content (AvgIpc) is 2.32. The lowest BCUT2D eigenvalue weighted by Gasteiger charge is -2.40. The molecule has 1 N–H and O–H groups in total. The van der Waals surface area contributed by atoms with Gasteiger partial charge < -0.3 is 10.0 Å². The zero-order valence-corrected chi connectivity index (χ0v) is 10.9. The number of likely N-dealkylation sites (tertiary alicyclic amines) is 1. The van der Waals surface area contributed by atoms with E-state index < -0.39 is 23.1 Å². The molecule has 0 bridgehead atoms. The lowest BCUT2D eigenvalue weighted by atomic mass is 9.84. The maximum absolute atomic E-state index is 13.5.